The van der Waals surface area contributed by atoms with E-state index in [0.717, 1.165) is 6.92 Å². The second-order valence-corrected chi connectivity index (χ2v) is 24.7. The Morgan fingerprint density at radius 2 is 0.649 bits per heavy atom. The van der Waals surface area contributed by atoms with Crippen LogP contribution in [0.5, 0.6) is 0 Å². The van der Waals surface area contributed by atoms with Gasteiger partial charge in [0.25, 0.3) is 5.92 Å². The van der Waals surface area contributed by atoms with Crippen LogP contribution in [0.4, 0.5) is 39.5 Å². The monoisotopic (exact) mass is 849 g/mol. The van der Waals surface area contributed by atoms with Crippen molar-refractivity contribution in [2.45, 2.75) is 254 Å². The molecule has 0 aliphatic rings. The van der Waals surface area contributed by atoms with E-state index in [-0.39, 0.29) is 59.2 Å². The Kier molecular flexibility index (Phi) is 31.8. The Labute approximate surface area is 349 Å². The van der Waals surface area contributed by atoms with Crippen LogP contribution in [-0.2, 0) is 4.74 Å². The third kappa shape index (κ3) is 80.1. The lowest BCUT2D eigenvalue weighted by Gasteiger charge is -2.28. The van der Waals surface area contributed by atoms with Gasteiger partial charge in [0.15, 0.2) is 0 Å². The molecule has 57 heavy (non-hydrogen) atoms. The first-order chi connectivity index (χ1) is 24.1. The highest BCUT2D eigenvalue weighted by molar-refractivity contribution is 4.78. The van der Waals surface area contributed by atoms with Crippen LogP contribution in [0.15, 0.2) is 0 Å². The zero-order chi connectivity index (χ0) is 48.1. The second-order valence-electron chi connectivity index (χ2n) is 24.7. The summed E-state index contributed by atoms with van der Waals surface area (Å²) in [7, 11) is 1.29. The van der Waals surface area contributed by atoms with E-state index >= 15 is 0 Å². The standard InChI is InChI=1S/C9H19F.C9H20.C8H16F2O.C8H16F2.C7H14F2.C6H12F2/c1-6-9(5,10)7-8(2,3)4;1-8(2,3)7-9(4,5)6;1-7(2,3)5-8(9,10)6-11-4;1-5-8(9,10)6-7(2,3)4;1-6(2,3)5-7(4,8)9;1-6(2,3)4-5(7)8/h6-7H2,1-5H3;7H2,1-6H3;5-6H2,1-4H3;5-6H2,1-4H3;5H2,1-4H3;5H,4H2,1-3H3. The molecule has 0 rings (SSSR count). The predicted octanol–water partition coefficient (Wildman–Crippen LogP) is 19.0. The highest BCUT2D eigenvalue weighted by atomic mass is 19.3. The van der Waals surface area contributed by atoms with Crippen molar-refractivity contribution in [3.63, 3.8) is 0 Å². The summed E-state index contributed by atoms with van der Waals surface area (Å²) >= 11 is 0. The van der Waals surface area contributed by atoms with Crippen molar-refractivity contribution in [3.8, 4) is 0 Å². The number of hydrogen-bond donors (Lipinski definition) is 0. The van der Waals surface area contributed by atoms with Crippen LogP contribution in [0.25, 0.3) is 0 Å². The minimum atomic E-state index is -2.69. The molecule has 0 fully saturated rings. The van der Waals surface area contributed by atoms with E-state index in [2.05, 4.69) is 67.1 Å². The average Bonchev–Trinajstić information content (AvgIpc) is 2.75. The van der Waals surface area contributed by atoms with Crippen LogP contribution in [0.3, 0.4) is 0 Å². The van der Waals surface area contributed by atoms with Crippen molar-refractivity contribution < 1.29 is 44.3 Å². The number of hydrogen-bond acceptors (Lipinski definition) is 1. The van der Waals surface area contributed by atoms with Crippen LogP contribution in [0.2, 0.25) is 0 Å². The van der Waals surface area contributed by atoms with Crippen molar-refractivity contribution >= 4 is 0 Å². The first-order valence-electron chi connectivity index (χ1n) is 20.7. The zero-order valence-electron chi connectivity index (χ0n) is 42.3. The molecule has 0 aliphatic carbocycles. The van der Waals surface area contributed by atoms with Crippen LogP contribution < -0.4 is 0 Å². The molecule has 10 heteroatoms. The van der Waals surface area contributed by atoms with Gasteiger partial charge in [-0.25, -0.2) is 39.5 Å². The van der Waals surface area contributed by atoms with Gasteiger partial charge in [0.05, 0.1) is 0 Å². The van der Waals surface area contributed by atoms with Gasteiger partial charge in [-0.05, 0) is 71.0 Å². The Bertz CT molecular complexity index is 871. The molecular formula is C47H97F9O. The normalized spacial score (nSPS) is 14.5. The van der Waals surface area contributed by atoms with E-state index in [9.17, 15) is 39.5 Å². The van der Waals surface area contributed by atoms with E-state index in [1.54, 1.807) is 48.5 Å². The quantitative estimate of drug-likeness (QED) is 0.210. The maximum Gasteiger partial charge on any atom is 0.271 e. The SMILES string of the molecule is CC(C)(C)CC(C)(C)C.CC(C)(C)CC(C)(F)F.CC(C)(C)CC(F)F.CCC(C)(F)CC(C)(C)C.CCC(F)(F)CC(C)(C)C.COCC(F)(F)CC(C)(C)C. The third-order valence-corrected chi connectivity index (χ3v) is 6.75. The van der Waals surface area contributed by atoms with Crippen molar-refractivity contribution in [3.05, 3.63) is 0 Å². The first-order valence-corrected chi connectivity index (χ1v) is 20.7. The summed E-state index contributed by atoms with van der Waals surface area (Å²) < 4.78 is 116. The summed E-state index contributed by atoms with van der Waals surface area (Å²) in [5.74, 6) is -7.68. The fourth-order valence-electron chi connectivity index (χ4n) is 6.15. The summed E-state index contributed by atoms with van der Waals surface area (Å²) in [6.07, 6.45) is 0.151. The highest BCUT2D eigenvalue weighted by Gasteiger charge is 2.34. The minimum Gasteiger partial charge on any atom is -0.378 e. The lowest BCUT2D eigenvalue weighted by Crippen LogP contribution is -2.28. The maximum absolute atomic E-state index is 13.3. The molecule has 1 atom stereocenters. The van der Waals surface area contributed by atoms with E-state index < -0.39 is 36.5 Å². The maximum atomic E-state index is 13.3. The molecule has 0 aromatic heterocycles. The van der Waals surface area contributed by atoms with E-state index in [4.69, 9.17) is 0 Å². The molecule has 0 saturated heterocycles. The Hall–Kier alpha value is -0.670. The predicted molar refractivity (Wildman–Crippen MR) is 232 cm³/mol. The Balaban J connectivity index is -0.000000137. The number of alkyl halides is 9. The second kappa shape index (κ2) is 26.6. The fourth-order valence-corrected chi connectivity index (χ4v) is 6.15. The Morgan fingerprint density at radius 1 is 0.368 bits per heavy atom. The summed E-state index contributed by atoms with van der Waals surface area (Å²) in [4.78, 5) is 0. The third-order valence-electron chi connectivity index (χ3n) is 6.75. The molecule has 0 heterocycles. The van der Waals surface area contributed by atoms with Crippen molar-refractivity contribution in [2.75, 3.05) is 13.7 Å². The topological polar surface area (TPSA) is 9.23 Å². The van der Waals surface area contributed by atoms with Gasteiger partial charge in [0.2, 0.25) is 18.3 Å². The molecule has 354 valence electrons. The van der Waals surface area contributed by atoms with Gasteiger partial charge in [-0.1, -0.05) is 159 Å². The molecule has 0 aromatic rings. The number of ether oxygens (including phenoxy) is 1. The minimum absolute atomic E-state index is 0.00694. The van der Waals surface area contributed by atoms with E-state index in [0.29, 0.717) is 23.7 Å². The lowest BCUT2D eigenvalue weighted by molar-refractivity contribution is -0.0885. The summed E-state index contributed by atoms with van der Waals surface area (Å²) in [6.45, 7) is 47.2. The molecular weight excluding hydrogens is 751 g/mol. The molecule has 0 aliphatic heterocycles. The van der Waals surface area contributed by atoms with Gasteiger partial charge in [0.1, 0.15) is 12.3 Å². The van der Waals surface area contributed by atoms with Crippen LogP contribution in [-0.4, -0.2) is 43.6 Å². The molecule has 1 nitrogen and oxygen atoms in total. The number of methoxy groups -OCH3 is 1. The molecule has 0 bridgehead atoms. The lowest BCUT2D eigenvalue weighted by atomic mass is 9.78. The van der Waals surface area contributed by atoms with E-state index in [1.807, 2.05) is 48.5 Å². The number of rotatable bonds is 9. The van der Waals surface area contributed by atoms with Gasteiger partial charge in [-0.3, -0.25) is 0 Å². The van der Waals surface area contributed by atoms with Crippen LogP contribution in [0, 0.1) is 37.9 Å². The molecule has 0 aromatic carbocycles. The molecule has 0 spiro atoms. The fraction of sp³-hybridized carbons (Fsp3) is 1.00. The van der Waals surface area contributed by atoms with Gasteiger partial charge >= 0.3 is 0 Å². The first kappa shape index (κ1) is 68.1. The summed E-state index contributed by atoms with van der Waals surface area (Å²) in [5, 5.41) is 0. The van der Waals surface area contributed by atoms with Gasteiger partial charge < -0.3 is 4.74 Å². The van der Waals surface area contributed by atoms with E-state index in [1.165, 1.54) is 20.5 Å². The van der Waals surface area contributed by atoms with Crippen LogP contribution in [0.1, 0.15) is 224 Å². The average molecular weight is 849 g/mol. The summed E-state index contributed by atoms with van der Waals surface area (Å²) in [5.41, 5.74) is -0.998. The van der Waals surface area contributed by atoms with Gasteiger partial charge in [0, 0.05) is 39.2 Å². The molecule has 1 unspecified atom stereocenters. The largest absolute Gasteiger partial charge is 0.378 e. The highest BCUT2D eigenvalue weighted by Crippen LogP contribution is 2.35. The zero-order valence-corrected chi connectivity index (χ0v) is 42.3. The van der Waals surface area contributed by atoms with Gasteiger partial charge in [-0.15, -0.1) is 0 Å². The Morgan fingerprint density at radius 3 is 0.737 bits per heavy atom. The summed E-state index contributed by atoms with van der Waals surface area (Å²) in [6, 6.07) is 0. The molecule has 0 radical (unpaired) electrons. The van der Waals surface area contributed by atoms with Crippen molar-refractivity contribution in [1.82, 2.24) is 0 Å². The van der Waals surface area contributed by atoms with Gasteiger partial charge in [-0.2, -0.15) is 0 Å². The molecule has 0 amide bonds. The van der Waals surface area contributed by atoms with Crippen molar-refractivity contribution in [1.29, 1.82) is 0 Å². The smallest absolute Gasteiger partial charge is 0.271 e. The van der Waals surface area contributed by atoms with Crippen LogP contribution >= 0.6 is 0 Å². The molecule has 0 saturated carbocycles. The van der Waals surface area contributed by atoms with Crippen molar-refractivity contribution in [2.24, 2.45) is 37.9 Å². The number of halogens is 9. The molecule has 0 N–H and O–H groups in total.